The molecular weight excluding hydrogens is 305 g/mol. The maximum Gasteiger partial charge on any atom is 0.243 e. The molecule has 1 aliphatic rings. The van der Waals surface area contributed by atoms with Crippen LogP contribution in [0.2, 0.25) is 0 Å². The van der Waals surface area contributed by atoms with Gasteiger partial charge in [-0.3, -0.25) is 4.68 Å². The third-order valence-corrected chi connectivity index (χ3v) is 5.94. The number of hydrogen-bond donors (Lipinski definition) is 0. The Kier molecular flexibility index (Phi) is 4.01. The normalized spacial score (nSPS) is 19.6. The van der Waals surface area contributed by atoms with E-state index in [1.165, 1.54) is 28.6 Å². The molecule has 0 saturated carbocycles. The molecular formula is C15H18FN3O2S. The molecule has 1 aromatic heterocycles. The van der Waals surface area contributed by atoms with Crippen LogP contribution in [0.5, 0.6) is 0 Å². The molecule has 0 N–H and O–H groups in total. The maximum absolute atomic E-state index is 13.0. The predicted molar refractivity (Wildman–Crippen MR) is 80.2 cm³/mol. The molecule has 0 aliphatic carbocycles. The van der Waals surface area contributed by atoms with Crippen LogP contribution in [-0.2, 0) is 16.6 Å². The van der Waals surface area contributed by atoms with Crippen LogP contribution in [0.25, 0.3) is 0 Å². The summed E-state index contributed by atoms with van der Waals surface area (Å²) in [5.41, 5.74) is 0.908. The Hall–Kier alpha value is -1.73. The summed E-state index contributed by atoms with van der Waals surface area (Å²) < 4.78 is 42.0. The van der Waals surface area contributed by atoms with Gasteiger partial charge in [0.25, 0.3) is 0 Å². The third-order valence-electron chi connectivity index (χ3n) is 4.01. The molecule has 1 saturated heterocycles. The van der Waals surface area contributed by atoms with Crippen LogP contribution >= 0.6 is 0 Å². The molecule has 2 aromatic rings. The molecule has 1 aromatic carbocycles. The fraction of sp³-hybridized carbons (Fsp3) is 0.400. The molecule has 1 fully saturated rings. The van der Waals surface area contributed by atoms with Crippen molar-refractivity contribution in [3.63, 3.8) is 0 Å². The predicted octanol–water partition coefficient (Wildman–Crippen LogP) is 2.57. The quantitative estimate of drug-likeness (QED) is 0.869. The molecule has 118 valence electrons. The lowest BCUT2D eigenvalue weighted by Crippen LogP contribution is -2.31. The van der Waals surface area contributed by atoms with Crippen molar-refractivity contribution < 1.29 is 12.8 Å². The number of hydrogen-bond acceptors (Lipinski definition) is 3. The van der Waals surface area contributed by atoms with Gasteiger partial charge in [0.1, 0.15) is 5.82 Å². The molecule has 0 unspecified atom stereocenters. The third kappa shape index (κ3) is 2.55. The molecule has 5 nitrogen and oxygen atoms in total. The van der Waals surface area contributed by atoms with Gasteiger partial charge in [0, 0.05) is 19.3 Å². The van der Waals surface area contributed by atoms with E-state index in [1.54, 1.807) is 6.20 Å². The summed E-state index contributed by atoms with van der Waals surface area (Å²) in [6, 6.07) is 6.64. The van der Waals surface area contributed by atoms with Crippen LogP contribution in [0.3, 0.4) is 0 Å². The van der Waals surface area contributed by atoms with Crippen LogP contribution in [0.15, 0.2) is 41.4 Å². The number of aromatic nitrogens is 2. The Morgan fingerprint density at radius 1 is 1.27 bits per heavy atom. The first kappa shape index (κ1) is 15.2. The standard InChI is InChI=1S/C15H18FN3O2S/c1-2-18-14(9-10-17-18)15-4-3-11-19(15)22(20,21)13-7-5-12(16)6-8-13/h5-10,15H,2-4,11H2,1H3/t15-/m1/s1. The number of rotatable bonds is 4. The van der Waals surface area contributed by atoms with Gasteiger partial charge in [-0.25, -0.2) is 12.8 Å². The van der Waals surface area contributed by atoms with Crippen LogP contribution in [0, 0.1) is 5.82 Å². The van der Waals surface area contributed by atoms with Crippen molar-refractivity contribution in [2.24, 2.45) is 0 Å². The maximum atomic E-state index is 13.0. The number of nitrogens with zero attached hydrogens (tertiary/aromatic N) is 3. The van der Waals surface area contributed by atoms with E-state index in [0.29, 0.717) is 13.1 Å². The molecule has 0 bridgehead atoms. The van der Waals surface area contributed by atoms with Crippen LogP contribution in [-0.4, -0.2) is 29.0 Å². The molecule has 1 aliphatic heterocycles. The minimum atomic E-state index is -3.63. The summed E-state index contributed by atoms with van der Waals surface area (Å²) in [5, 5.41) is 4.23. The fourth-order valence-electron chi connectivity index (χ4n) is 2.96. The highest BCUT2D eigenvalue weighted by Crippen LogP contribution is 2.36. The van der Waals surface area contributed by atoms with Crippen molar-refractivity contribution in [2.45, 2.75) is 37.2 Å². The number of halogens is 1. The van der Waals surface area contributed by atoms with Crippen molar-refractivity contribution in [1.82, 2.24) is 14.1 Å². The van der Waals surface area contributed by atoms with Crippen molar-refractivity contribution in [2.75, 3.05) is 6.54 Å². The largest absolute Gasteiger partial charge is 0.268 e. The van der Waals surface area contributed by atoms with E-state index in [2.05, 4.69) is 5.10 Å². The zero-order valence-electron chi connectivity index (χ0n) is 12.3. The average molecular weight is 323 g/mol. The minimum Gasteiger partial charge on any atom is -0.268 e. The second-order valence-corrected chi connectivity index (χ2v) is 7.19. The molecule has 0 radical (unpaired) electrons. The van der Waals surface area contributed by atoms with Gasteiger partial charge in [-0.15, -0.1) is 0 Å². The lowest BCUT2D eigenvalue weighted by Gasteiger charge is -2.24. The summed E-state index contributed by atoms with van der Waals surface area (Å²) in [4.78, 5) is 0.128. The summed E-state index contributed by atoms with van der Waals surface area (Å²) >= 11 is 0. The van der Waals surface area contributed by atoms with Gasteiger partial charge < -0.3 is 0 Å². The second kappa shape index (κ2) is 5.81. The highest BCUT2D eigenvalue weighted by atomic mass is 32.2. The SMILES string of the molecule is CCn1nccc1[C@H]1CCCN1S(=O)(=O)c1ccc(F)cc1. The van der Waals surface area contributed by atoms with Crippen molar-refractivity contribution in [3.05, 3.63) is 48.0 Å². The fourth-order valence-corrected chi connectivity index (χ4v) is 4.62. The van der Waals surface area contributed by atoms with Gasteiger partial charge in [-0.2, -0.15) is 9.40 Å². The molecule has 7 heteroatoms. The van der Waals surface area contributed by atoms with Gasteiger partial charge in [-0.05, 0) is 50.1 Å². The highest BCUT2D eigenvalue weighted by molar-refractivity contribution is 7.89. The minimum absolute atomic E-state index is 0.128. The Morgan fingerprint density at radius 3 is 2.68 bits per heavy atom. The smallest absolute Gasteiger partial charge is 0.243 e. The molecule has 2 heterocycles. The first-order valence-electron chi connectivity index (χ1n) is 7.33. The monoisotopic (exact) mass is 323 g/mol. The van der Waals surface area contributed by atoms with Crippen molar-refractivity contribution in [3.8, 4) is 0 Å². The first-order valence-corrected chi connectivity index (χ1v) is 8.77. The highest BCUT2D eigenvalue weighted by Gasteiger charge is 2.37. The van der Waals surface area contributed by atoms with Crippen LogP contribution in [0.1, 0.15) is 31.5 Å². The number of sulfonamides is 1. The second-order valence-electron chi connectivity index (χ2n) is 5.30. The van der Waals surface area contributed by atoms with Crippen molar-refractivity contribution >= 4 is 10.0 Å². The number of aryl methyl sites for hydroxylation is 1. The van der Waals surface area contributed by atoms with Crippen LogP contribution < -0.4 is 0 Å². The summed E-state index contributed by atoms with van der Waals surface area (Å²) in [7, 11) is -3.63. The summed E-state index contributed by atoms with van der Waals surface area (Å²) in [6.07, 6.45) is 3.27. The topological polar surface area (TPSA) is 55.2 Å². The van der Waals surface area contributed by atoms with Gasteiger partial charge in [0.05, 0.1) is 16.6 Å². The number of benzene rings is 1. The molecule has 1 atom stereocenters. The van der Waals surface area contributed by atoms with Gasteiger partial charge >= 0.3 is 0 Å². The summed E-state index contributed by atoms with van der Waals surface area (Å²) in [5.74, 6) is -0.444. The van der Waals surface area contributed by atoms with Crippen molar-refractivity contribution in [1.29, 1.82) is 0 Å². The summed E-state index contributed by atoms with van der Waals surface area (Å²) in [6.45, 7) is 3.15. The average Bonchev–Trinajstić information content (AvgIpc) is 3.16. The Balaban J connectivity index is 1.97. The Labute approximate surface area is 129 Å². The van der Waals surface area contributed by atoms with E-state index in [-0.39, 0.29) is 10.9 Å². The van der Waals surface area contributed by atoms with Gasteiger partial charge in [-0.1, -0.05) is 0 Å². The van der Waals surface area contributed by atoms with E-state index in [0.717, 1.165) is 18.5 Å². The Bertz CT molecular complexity index is 755. The molecule has 3 rings (SSSR count). The molecule has 0 amide bonds. The Morgan fingerprint density at radius 2 is 2.00 bits per heavy atom. The van der Waals surface area contributed by atoms with E-state index < -0.39 is 15.8 Å². The zero-order chi connectivity index (χ0) is 15.7. The van der Waals surface area contributed by atoms with E-state index in [1.807, 2.05) is 17.7 Å². The lowest BCUT2D eigenvalue weighted by atomic mass is 10.1. The molecule has 0 spiro atoms. The lowest BCUT2D eigenvalue weighted by molar-refractivity contribution is 0.376. The van der Waals surface area contributed by atoms with E-state index >= 15 is 0 Å². The first-order chi connectivity index (χ1) is 10.5. The van der Waals surface area contributed by atoms with E-state index in [9.17, 15) is 12.8 Å². The van der Waals surface area contributed by atoms with E-state index in [4.69, 9.17) is 0 Å². The van der Waals surface area contributed by atoms with Gasteiger partial charge in [0.2, 0.25) is 10.0 Å². The molecule has 22 heavy (non-hydrogen) atoms. The van der Waals surface area contributed by atoms with Crippen LogP contribution in [0.4, 0.5) is 4.39 Å². The zero-order valence-corrected chi connectivity index (χ0v) is 13.1. The van der Waals surface area contributed by atoms with Gasteiger partial charge in [0.15, 0.2) is 0 Å².